The van der Waals surface area contributed by atoms with Crippen molar-refractivity contribution in [3.05, 3.63) is 47.4 Å². The summed E-state index contributed by atoms with van der Waals surface area (Å²) in [5.74, 6) is 7.02. The van der Waals surface area contributed by atoms with Crippen LogP contribution in [0, 0.1) is 18.8 Å². The molecule has 7 nitrogen and oxygen atoms in total. The van der Waals surface area contributed by atoms with Gasteiger partial charge in [-0.1, -0.05) is 31.1 Å². The van der Waals surface area contributed by atoms with Crippen molar-refractivity contribution in [3.63, 3.8) is 0 Å². The lowest BCUT2D eigenvalue weighted by Gasteiger charge is -2.27. The fourth-order valence-corrected chi connectivity index (χ4v) is 3.52. The Kier molecular flexibility index (Phi) is 7.61. The van der Waals surface area contributed by atoms with Crippen molar-refractivity contribution in [2.45, 2.75) is 57.6 Å². The molecular formula is C24H30N4O3. The monoisotopic (exact) mass is 422 g/mol. The Morgan fingerprint density at radius 2 is 2.00 bits per heavy atom. The number of hydrogen-bond acceptors (Lipinski definition) is 6. The number of aryl methyl sites for hydroxylation is 1. The van der Waals surface area contributed by atoms with E-state index in [1.54, 1.807) is 25.4 Å². The lowest BCUT2D eigenvalue weighted by molar-refractivity contribution is 0.0917. The van der Waals surface area contributed by atoms with E-state index < -0.39 is 5.54 Å². The van der Waals surface area contributed by atoms with Crippen LogP contribution in [0.15, 0.2) is 30.6 Å². The second-order valence-corrected chi connectivity index (χ2v) is 8.09. The zero-order chi connectivity index (χ0) is 22.3. The van der Waals surface area contributed by atoms with Crippen molar-refractivity contribution in [2.75, 3.05) is 19.0 Å². The van der Waals surface area contributed by atoms with Crippen LogP contribution in [0.4, 0.5) is 5.82 Å². The summed E-state index contributed by atoms with van der Waals surface area (Å²) in [7, 11) is 1.62. The highest BCUT2D eigenvalue weighted by atomic mass is 16.5. The van der Waals surface area contributed by atoms with Gasteiger partial charge in [0.25, 0.3) is 5.91 Å². The molecule has 0 saturated heterocycles. The first kappa shape index (κ1) is 22.7. The van der Waals surface area contributed by atoms with E-state index in [4.69, 9.17) is 15.2 Å². The number of amides is 1. The third-order valence-electron chi connectivity index (χ3n) is 5.13. The van der Waals surface area contributed by atoms with Gasteiger partial charge in [0, 0.05) is 18.2 Å². The van der Waals surface area contributed by atoms with Gasteiger partial charge < -0.3 is 20.5 Å². The van der Waals surface area contributed by atoms with Gasteiger partial charge in [-0.05, 0) is 44.9 Å². The molecule has 7 heteroatoms. The number of aromatic nitrogens is 2. The third kappa shape index (κ3) is 6.78. The molecule has 1 atom stereocenters. The summed E-state index contributed by atoms with van der Waals surface area (Å²) in [6.07, 6.45) is 8.11. The molecule has 3 rings (SSSR count). The summed E-state index contributed by atoms with van der Waals surface area (Å²) in [6, 6.07) is 5.25. The second kappa shape index (κ2) is 10.4. The molecule has 31 heavy (non-hydrogen) atoms. The molecule has 1 aliphatic rings. The van der Waals surface area contributed by atoms with E-state index in [0.717, 1.165) is 31.4 Å². The maximum atomic E-state index is 12.9. The molecule has 2 aromatic rings. The Morgan fingerprint density at radius 3 is 2.68 bits per heavy atom. The Hall–Kier alpha value is -2.95. The first-order chi connectivity index (χ1) is 14.9. The Morgan fingerprint density at radius 1 is 1.23 bits per heavy atom. The lowest BCUT2D eigenvalue weighted by Crippen LogP contribution is -2.40. The minimum atomic E-state index is -0.474. The smallest absolute Gasteiger partial charge is 0.257 e. The SMILES string of the molecule is COC[C@H](C)Oc1cc(C#CC2(N)CCCCC2)cc(C(=O)Nc2cnc(C)cn2)c1. The Balaban J connectivity index is 1.87. The van der Waals surface area contributed by atoms with Crippen molar-refractivity contribution < 1.29 is 14.3 Å². The van der Waals surface area contributed by atoms with Crippen LogP contribution in [-0.2, 0) is 4.74 Å². The lowest BCUT2D eigenvalue weighted by atomic mass is 9.83. The van der Waals surface area contributed by atoms with Crippen LogP contribution in [0.5, 0.6) is 5.75 Å². The van der Waals surface area contributed by atoms with Crippen LogP contribution in [-0.4, -0.2) is 41.2 Å². The quantitative estimate of drug-likeness (QED) is 0.692. The predicted molar refractivity (Wildman–Crippen MR) is 120 cm³/mol. The molecule has 0 radical (unpaired) electrons. The van der Waals surface area contributed by atoms with E-state index in [9.17, 15) is 4.79 Å². The molecule has 0 bridgehead atoms. The zero-order valence-corrected chi connectivity index (χ0v) is 18.4. The van der Waals surface area contributed by atoms with Crippen LogP contribution in [0.25, 0.3) is 0 Å². The summed E-state index contributed by atoms with van der Waals surface area (Å²) in [5.41, 5.74) is 7.86. The van der Waals surface area contributed by atoms with Crippen LogP contribution in [0.2, 0.25) is 0 Å². The first-order valence-electron chi connectivity index (χ1n) is 10.6. The maximum absolute atomic E-state index is 12.9. The summed E-state index contributed by atoms with van der Waals surface area (Å²) < 4.78 is 11.1. The number of anilines is 1. The molecule has 0 unspecified atom stereocenters. The van der Waals surface area contributed by atoms with Crippen molar-refractivity contribution >= 4 is 11.7 Å². The standard InChI is InChI=1S/C24H30N4O3/c1-17-14-27-22(15-26-17)28-23(29)20-11-19(7-10-24(25)8-5-4-6-9-24)12-21(13-20)31-18(2)16-30-3/h11-15,18H,4-6,8-9,16,25H2,1-3H3,(H,27,28,29)/t18-/m0/s1. The van der Waals surface area contributed by atoms with Gasteiger partial charge in [-0.2, -0.15) is 0 Å². The van der Waals surface area contributed by atoms with Gasteiger partial charge in [0.05, 0.1) is 30.2 Å². The predicted octanol–water partition coefficient (Wildman–Crippen LogP) is 3.46. The van der Waals surface area contributed by atoms with Gasteiger partial charge in [0.2, 0.25) is 0 Å². The van der Waals surface area contributed by atoms with E-state index in [2.05, 4.69) is 27.1 Å². The number of rotatable bonds is 6. The highest BCUT2D eigenvalue weighted by Gasteiger charge is 2.24. The summed E-state index contributed by atoms with van der Waals surface area (Å²) in [5, 5.41) is 2.77. The van der Waals surface area contributed by atoms with Crippen molar-refractivity contribution in [1.82, 2.24) is 9.97 Å². The minimum Gasteiger partial charge on any atom is -0.488 e. The number of nitrogens with two attached hydrogens (primary N) is 1. The fourth-order valence-electron chi connectivity index (χ4n) is 3.52. The molecule has 1 saturated carbocycles. The van der Waals surface area contributed by atoms with Gasteiger partial charge in [-0.25, -0.2) is 4.98 Å². The maximum Gasteiger partial charge on any atom is 0.257 e. The van der Waals surface area contributed by atoms with Crippen molar-refractivity contribution in [2.24, 2.45) is 5.73 Å². The molecule has 164 valence electrons. The van der Waals surface area contributed by atoms with Crippen LogP contribution in [0.3, 0.4) is 0 Å². The number of methoxy groups -OCH3 is 1. The molecule has 0 aliphatic heterocycles. The number of nitrogens with zero attached hydrogens (tertiary/aromatic N) is 2. The molecule has 1 aliphatic carbocycles. The highest BCUT2D eigenvalue weighted by Crippen LogP contribution is 2.26. The molecule has 1 aromatic heterocycles. The van der Waals surface area contributed by atoms with E-state index in [1.807, 2.05) is 19.9 Å². The van der Waals surface area contributed by atoms with Crippen LogP contribution < -0.4 is 15.8 Å². The minimum absolute atomic E-state index is 0.175. The normalized spacial score (nSPS) is 16.0. The van der Waals surface area contributed by atoms with Gasteiger partial charge in [0.1, 0.15) is 11.9 Å². The second-order valence-electron chi connectivity index (χ2n) is 8.09. The number of carbonyl (C=O) groups is 1. The molecule has 1 aromatic carbocycles. The number of benzene rings is 1. The van der Waals surface area contributed by atoms with Crippen molar-refractivity contribution in [1.29, 1.82) is 0 Å². The van der Waals surface area contributed by atoms with Crippen LogP contribution in [0.1, 0.15) is 60.6 Å². The average Bonchev–Trinajstić information content (AvgIpc) is 2.74. The van der Waals surface area contributed by atoms with E-state index in [-0.39, 0.29) is 12.0 Å². The van der Waals surface area contributed by atoms with Gasteiger partial charge >= 0.3 is 0 Å². The van der Waals surface area contributed by atoms with Gasteiger partial charge in [-0.15, -0.1) is 0 Å². The Bertz CT molecular complexity index is 957. The molecule has 0 spiro atoms. The largest absolute Gasteiger partial charge is 0.488 e. The van der Waals surface area contributed by atoms with Gasteiger partial charge in [0.15, 0.2) is 5.82 Å². The number of ether oxygens (including phenoxy) is 2. The van der Waals surface area contributed by atoms with E-state index in [1.165, 1.54) is 12.6 Å². The molecular weight excluding hydrogens is 392 g/mol. The topological polar surface area (TPSA) is 99.4 Å². The van der Waals surface area contributed by atoms with Crippen molar-refractivity contribution in [3.8, 4) is 17.6 Å². The fraction of sp³-hybridized carbons (Fsp3) is 0.458. The average molecular weight is 423 g/mol. The number of nitrogens with one attached hydrogen (secondary N) is 1. The summed E-state index contributed by atoms with van der Waals surface area (Å²) in [6.45, 7) is 4.17. The van der Waals surface area contributed by atoms with E-state index in [0.29, 0.717) is 29.3 Å². The summed E-state index contributed by atoms with van der Waals surface area (Å²) >= 11 is 0. The third-order valence-corrected chi connectivity index (χ3v) is 5.13. The van der Waals surface area contributed by atoms with Gasteiger partial charge in [-0.3, -0.25) is 9.78 Å². The van der Waals surface area contributed by atoms with Crippen LogP contribution >= 0.6 is 0 Å². The van der Waals surface area contributed by atoms with E-state index >= 15 is 0 Å². The number of hydrogen-bond donors (Lipinski definition) is 2. The number of carbonyl (C=O) groups excluding carboxylic acids is 1. The summed E-state index contributed by atoms with van der Waals surface area (Å²) in [4.78, 5) is 21.2. The molecule has 3 N–H and O–H groups in total. The first-order valence-corrected chi connectivity index (χ1v) is 10.6. The highest BCUT2D eigenvalue weighted by molar-refractivity contribution is 6.04. The molecule has 1 fully saturated rings. The molecule has 1 amide bonds. The molecule has 1 heterocycles. The Labute approximate surface area is 183 Å². The zero-order valence-electron chi connectivity index (χ0n) is 18.4.